The minimum atomic E-state index is -0.535. The maximum Gasteiger partial charge on any atom is 0.345 e. The highest BCUT2D eigenvalue weighted by molar-refractivity contribution is 9.10. The Morgan fingerprint density at radius 2 is 1.84 bits per heavy atom. The van der Waals surface area contributed by atoms with Crippen LogP contribution in [-0.2, 0) is 11.3 Å². The first-order chi connectivity index (χ1) is 14.8. The van der Waals surface area contributed by atoms with E-state index in [1.54, 1.807) is 60.1 Å². The molecule has 0 aliphatic heterocycles. The van der Waals surface area contributed by atoms with Gasteiger partial charge in [-0.15, -0.1) is 0 Å². The van der Waals surface area contributed by atoms with Gasteiger partial charge >= 0.3 is 5.97 Å². The first kappa shape index (κ1) is 22.7. The number of amides is 1. The largest absolute Gasteiger partial charge is 0.423 e. The second-order valence-electron chi connectivity index (χ2n) is 6.77. The second kappa shape index (κ2) is 9.89. The number of hydrogen-bond acceptors (Lipinski definition) is 5. The highest BCUT2D eigenvalue weighted by atomic mass is 79.9. The van der Waals surface area contributed by atoms with Crippen molar-refractivity contribution in [3.8, 4) is 5.75 Å². The molecule has 0 aliphatic carbocycles. The SMILES string of the molecule is C/C(=N\NC(=O)Cn1nc(C)c(Br)c1C)c1ccc(OC(=O)c2ccccc2Cl)cc1. The summed E-state index contributed by atoms with van der Waals surface area (Å²) in [5, 5.41) is 8.77. The molecule has 0 aliphatic rings. The first-order valence-electron chi connectivity index (χ1n) is 9.36. The molecule has 1 N–H and O–H groups in total. The van der Waals surface area contributed by atoms with Gasteiger partial charge in [0.2, 0.25) is 0 Å². The topological polar surface area (TPSA) is 85.6 Å². The number of aryl methyl sites for hydroxylation is 1. The van der Waals surface area contributed by atoms with Crippen molar-refractivity contribution in [2.45, 2.75) is 27.3 Å². The van der Waals surface area contributed by atoms with Gasteiger partial charge in [0.15, 0.2) is 0 Å². The van der Waals surface area contributed by atoms with Crippen LogP contribution in [0.3, 0.4) is 0 Å². The lowest BCUT2D eigenvalue weighted by atomic mass is 10.1. The fourth-order valence-corrected chi connectivity index (χ4v) is 3.26. The summed E-state index contributed by atoms with van der Waals surface area (Å²) >= 11 is 9.46. The van der Waals surface area contributed by atoms with Crippen molar-refractivity contribution in [1.82, 2.24) is 15.2 Å². The summed E-state index contributed by atoms with van der Waals surface area (Å²) in [4.78, 5) is 24.4. The number of rotatable bonds is 6. The Balaban J connectivity index is 1.60. The van der Waals surface area contributed by atoms with Crippen molar-refractivity contribution >= 4 is 45.1 Å². The van der Waals surface area contributed by atoms with E-state index in [2.05, 4.69) is 31.6 Å². The fraction of sp³-hybridized carbons (Fsp3) is 0.182. The highest BCUT2D eigenvalue weighted by Gasteiger charge is 2.13. The lowest BCUT2D eigenvalue weighted by Gasteiger charge is -2.07. The molecule has 3 rings (SSSR count). The van der Waals surface area contributed by atoms with E-state index in [1.807, 2.05) is 13.8 Å². The summed E-state index contributed by atoms with van der Waals surface area (Å²) in [7, 11) is 0. The van der Waals surface area contributed by atoms with Crippen LogP contribution >= 0.6 is 27.5 Å². The number of hydrogen-bond donors (Lipinski definition) is 1. The zero-order chi connectivity index (χ0) is 22.5. The molecule has 0 saturated carbocycles. The third-order valence-electron chi connectivity index (χ3n) is 4.51. The lowest BCUT2D eigenvalue weighted by Crippen LogP contribution is -2.25. The van der Waals surface area contributed by atoms with Crippen molar-refractivity contribution in [3.63, 3.8) is 0 Å². The van der Waals surface area contributed by atoms with E-state index in [0.29, 0.717) is 22.0 Å². The van der Waals surface area contributed by atoms with Gasteiger partial charge in [-0.2, -0.15) is 10.2 Å². The van der Waals surface area contributed by atoms with E-state index < -0.39 is 5.97 Å². The monoisotopic (exact) mass is 502 g/mol. The van der Waals surface area contributed by atoms with E-state index in [0.717, 1.165) is 21.4 Å². The number of aromatic nitrogens is 2. The van der Waals surface area contributed by atoms with Crippen LogP contribution in [0.15, 0.2) is 58.1 Å². The third-order valence-corrected chi connectivity index (χ3v) is 5.99. The van der Waals surface area contributed by atoms with E-state index in [-0.39, 0.29) is 12.5 Å². The number of esters is 1. The Bertz CT molecular complexity index is 1160. The van der Waals surface area contributed by atoms with Crippen LogP contribution in [0, 0.1) is 13.8 Å². The lowest BCUT2D eigenvalue weighted by molar-refractivity contribution is -0.121. The second-order valence-corrected chi connectivity index (χ2v) is 7.97. The molecule has 1 aromatic heterocycles. The summed E-state index contributed by atoms with van der Waals surface area (Å²) in [6.07, 6.45) is 0. The summed E-state index contributed by atoms with van der Waals surface area (Å²) in [6.45, 7) is 5.58. The van der Waals surface area contributed by atoms with Crippen LogP contribution in [0.2, 0.25) is 5.02 Å². The Labute approximate surface area is 193 Å². The van der Waals surface area contributed by atoms with Gasteiger partial charge in [-0.1, -0.05) is 23.7 Å². The van der Waals surface area contributed by atoms with Crippen molar-refractivity contribution in [3.05, 3.63) is 80.5 Å². The van der Waals surface area contributed by atoms with Gasteiger partial charge in [0.05, 0.1) is 32.2 Å². The van der Waals surface area contributed by atoms with Crippen molar-refractivity contribution < 1.29 is 14.3 Å². The number of nitrogens with zero attached hydrogens (tertiary/aromatic N) is 3. The molecule has 1 amide bonds. The van der Waals surface area contributed by atoms with E-state index in [9.17, 15) is 9.59 Å². The zero-order valence-electron chi connectivity index (χ0n) is 17.1. The standard InChI is InChI=1S/C22H20BrClN4O3/c1-13(25-26-20(29)12-28-15(3)21(23)14(2)27-28)16-8-10-17(11-9-16)31-22(30)18-6-4-5-7-19(18)24/h4-11H,12H2,1-3H3,(H,26,29)/b25-13+. The van der Waals surface area contributed by atoms with Gasteiger partial charge in [0.25, 0.3) is 5.91 Å². The normalized spacial score (nSPS) is 11.3. The molecule has 3 aromatic rings. The van der Waals surface area contributed by atoms with Crippen LogP contribution in [-0.4, -0.2) is 27.4 Å². The maximum absolute atomic E-state index is 12.2. The molecule has 1 heterocycles. The van der Waals surface area contributed by atoms with Crippen LogP contribution in [0.5, 0.6) is 5.75 Å². The average Bonchev–Trinajstić information content (AvgIpc) is 2.99. The van der Waals surface area contributed by atoms with Crippen molar-refractivity contribution in [1.29, 1.82) is 0 Å². The van der Waals surface area contributed by atoms with Crippen LogP contribution in [0.1, 0.15) is 34.2 Å². The number of nitrogens with one attached hydrogen (secondary N) is 1. The van der Waals surface area contributed by atoms with E-state index in [4.69, 9.17) is 16.3 Å². The Morgan fingerprint density at radius 1 is 1.16 bits per heavy atom. The third kappa shape index (κ3) is 5.59. The van der Waals surface area contributed by atoms with E-state index in [1.165, 1.54) is 0 Å². The molecular weight excluding hydrogens is 484 g/mol. The highest BCUT2D eigenvalue weighted by Crippen LogP contribution is 2.20. The molecule has 31 heavy (non-hydrogen) atoms. The Kier molecular flexibility index (Phi) is 7.25. The van der Waals surface area contributed by atoms with Crippen molar-refractivity contribution in [2.24, 2.45) is 5.10 Å². The molecule has 0 saturated heterocycles. The minimum absolute atomic E-state index is 0.0615. The van der Waals surface area contributed by atoms with Crippen molar-refractivity contribution in [2.75, 3.05) is 0 Å². The quantitative estimate of drug-likeness (QED) is 0.229. The molecule has 9 heteroatoms. The smallest absolute Gasteiger partial charge is 0.345 e. The molecule has 0 fully saturated rings. The molecule has 0 unspecified atom stereocenters. The number of hydrazone groups is 1. The Morgan fingerprint density at radius 3 is 2.45 bits per heavy atom. The summed E-state index contributed by atoms with van der Waals surface area (Å²) < 4.78 is 7.85. The van der Waals surface area contributed by atoms with Gasteiger partial charge in [0, 0.05) is 0 Å². The number of carbonyl (C=O) groups is 2. The molecule has 0 radical (unpaired) electrons. The predicted molar refractivity (Wildman–Crippen MR) is 123 cm³/mol. The summed E-state index contributed by atoms with van der Waals surface area (Å²) in [6, 6.07) is 13.5. The molecule has 7 nitrogen and oxygen atoms in total. The van der Waals surface area contributed by atoms with Gasteiger partial charge < -0.3 is 4.74 Å². The van der Waals surface area contributed by atoms with Crippen LogP contribution < -0.4 is 10.2 Å². The zero-order valence-corrected chi connectivity index (χ0v) is 19.5. The van der Waals surface area contributed by atoms with Crippen LogP contribution in [0.4, 0.5) is 0 Å². The molecule has 160 valence electrons. The van der Waals surface area contributed by atoms with Gasteiger partial charge in [0.1, 0.15) is 12.3 Å². The van der Waals surface area contributed by atoms with Crippen LogP contribution in [0.25, 0.3) is 0 Å². The van der Waals surface area contributed by atoms with Gasteiger partial charge in [-0.25, -0.2) is 10.2 Å². The first-order valence-corrected chi connectivity index (χ1v) is 10.5. The number of carbonyl (C=O) groups excluding carboxylic acids is 2. The maximum atomic E-state index is 12.2. The summed E-state index contributed by atoms with van der Waals surface area (Å²) in [5.74, 6) is -0.449. The molecule has 2 aromatic carbocycles. The molecule has 0 spiro atoms. The van der Waals surface area contributed by atoms with Gasteiger partial charge in [-0.05, 0) is 78.7 Å². The Hall–Kier alpha value is -2.97. The number of halogens is 2. The predicted octanol–water partition coefficient (Wildman–Crippen LogP) is 4.68. The molecular formula is C22H20BrClN4O3. The fourth-order valence-electron chi connectivity index (χ4n) is 2.76. The number of benzene rings is 2. The number of ether oxygens (including phenoxy) is 1. The average molecular weight is 504 g/mol. The summed E-state index contributed by atoms with van der Waals surface area (Å²) in [5.41, 5.74) is 5.89. The molecule has 0 atom stereocenters. The van der Waals surface area contributed by atoms with E-state index >= 15 is 0 Å². The minimum Gasteiger partial charge on any atom is -0.423 e. The van der Waals surface area contributed by atoms with Gasteiger partial charge in [-0.3, -0.25) is 9.48 Å². The molecule has 0 bridgehead atoms.